The molecule has 1 atom stereocenters. The van der Waals surface area contributed by atoms with Gasteiger partial charge in [0.05, 0.1) is 12.5 Å². The number of benzene rings is 1. The van der Waals surface area contributed by atoms with Crippen molar-refractivity contribution in [1.82, 2.24) is 10.6 Å². The van der Waals surface area contributed by atoms with Crippen LogP contribution < -0.4 is 15.4 Å². The van der Waals surface area contributed by atoms with E-state index in [-0.39, 0.29) is 24.2 Å². The molecule has 1 amide bonds. The van der Waals surface area contributed by atoms with Crippen LogP contribution in [0.15, 0.2) is 24.3 Å². The summed E-state index contributed by atoms with van der Waals surface area (Å²) in [5, 5.41) is 6.24. The molecule has 5 heteroatoms. The Hall–Kier alpha value is -1.26. The third kappa shape index (κ3) is 5.85. The lowest BCUT2D eigenvalue weighted by molar-refractivity contribution is -0.124. The Balaban J connectivity index is 0.00000242. The van der Waals surface area contributed by atoms with E-state index in [1.54, 1.807) is 0 Å². The lowest BCUT2D eigenvalue weighted by atomic mass is 10.1. The first-order valence-electron chi connectivity index (χ1n) is 7.86. The van der Waals surface area contributed by atoms with Crippen LogP contribution in [0.2, 0.25) is 0 Å². The first-order valence-corrected chi connectivity index (χ1v) is 7.86. The summed E-state index contributed by atoms with van der Waals surface area (Å²) >= 11 is 0. The van der Waals surface area contributed by atoms with Gasteiger partial charge in [0, 0.05) is 18.7 Å². The van der Waals surface area contributed by atoms with Crippen LogP contribution in [0.4, 0.5) is 0 Å². The average Bonchev–Trinajstić information content (AvgIpc) is 3.00. The number of hydrogen-bond donors (Lipinski definition) is 2. The van der Waals surface area contributed by atoms with Gasteiger partial charge in [0.1, 0.15) is 5.75 Å². The van der Waals surface area contributed by atoms with Crippen molar-refractivity contribution in [2.75, 3.05) is 19.7 Å². The monoisotopic (exact) mass is 326 g/mol. The van der Waals surface area contributed by atoms with Gasteiger partial charge < -0.3 is 15.4 Å². The van der Waals surface area contributed by atoms with Crippen LogP contribution in [0.1, 0.15) is 32.3 Å². The van der Waals surface area contributed by atoms with Crippen LogP contribution in [-0.2, 0) is 11.3 Å². The number of nitrogens with one attached hydrogen (secondary N) is 2. The minimum Gasteiger partial charge on any atom is -0.493 e. The summed E-state index contributed by atoms with van der Waals surface area (Å²) in [6, 6.07) is 7.93. The van der Waals surface area contributed by atoms with Crippen molar-refractivity contribution in [3.05, 3.63) is 29.8 Å². The average molecular weight is 327 g/mol. The second-order valence-corrected chi connectivity index (χ2v) is 6.05. The molecule has 4 nitrogen and oxygen atoms in total. The molecule has 0 spiro atoms. The highest BCUT2D eigenvalue weighted by atomic mass is 35.5. The Kier molecular flexibility index (Phi) is 8.28. The number of para-hydroxylation sites is 1. The number of ether oxygens (including phenoxy) is 1. The molecule has 1 saturated heterocycles. The minimum absolute atomic E-state index is 0. The fourth-order valence-electron chi connectivity index (χ4n) is 2.40. The van der Waals surface area contributed by atoms with E-state index in [0.29, 0.717) is 12.5 Å². The Morgan fingerprint density at radius 3 is 2.86 bits per heavy atom. The molecule has 1 heterocycles. The summed E-state index contributed by atoms with van der Waals surface area (Å²) in [6.45, 7) is 7.35. The van der Waals surface area contributed by atoms with Gasteiger partial charge in [-0.25, -0.2) is 0 Å². The Labute approximate surface area is 139 Å². The number of carbonyl (C=O) groups excluding carboxylic acids is 1. The summed E-state index contributed by atoms with van der Waals surface area (Å²) in [6.07, 6.45) is 1.97. The molecule has 1 aromatic carbocycles. The van der Waals surface area contributed by atoms with E-state index in [0.717, 1.165) is 43.9 Å². The quantitative estimate of drug-likeness (QED) is 0.810. The van der Waals surface area contributed by atoms with Crippen LogP contribution in [-0.4, -0.2) is 25.6 Å². The van der Waals surface area contributed by atoms with Crippen molar-refractivity contribution >= 4 is 18.3 Å². The van der Waals surface area contributed by atoms with Gasteiger partial charge in [-0.3, -0.25) is 4.79 Å². The molecule has 0 aliphatic carbocycles. The van der Waals surface area contributed by atoms with Crippen LogP contribution in [0.25, 0.3) is 0 Å². The molecular weight excluding hydrogens is 300 g/mol. The summed E-state index contributed by atoms with van der Waals surface area (Å²) in [5.41, 5.74) is 1.04. The second kappa shape index (κ2) is 9.70. The lowest BCUT2D eigenvalue weighted by Gasteiger charge is -2.14. The van der Waals surface area contributed by atoms with E-state index in [4.69, 9.17) is 4.74 Å². The minimum atomic E-state index is 0. The first kappa shape index (κ1) is 18.8. The Morgan fingerprint density at radius 2 is 2.18 bits per heavy atom. The Bertz CT molecular complexity index is 460. The summed E-state index contributed by atoms with van der Waals surface area (Å²) in [5.74, 6) is 1.76. The van der Waals surface area contributed by atoms with Crippen LogP contribution >= 0.6 is 12.4 Å². The molecule has 0 saturated carbocycles. The summed E-state index contributed by atoms with van der Waals surface area (Å²) in [7, 11) is 0. The van der Waals surface area contributed by atoms with Gasteiger partial charge in [-0.2, -0.15) is 0 Å². The fraction of sp³-hybridized carbons (Fsp3) is 0.588. The molecule has 1 aliphatic heterocycles. The summed E-state index contributed by atoms with van der Waals surface area (Å²) in [4.78, 5) is 12.0. The van der Waals surface area contributed by atoms with Crippen LogP contribution in [0.5, 0.6) is 5.75 Å². The van der Waals surface area contributed by atoms with E-state index < -0.39 is 0 Å². The molecule has 1 fully saturated rings. The van der Waals surface area contributed by atoms with Crippen molar-refractivity contribution in [2.45, 2.75) is 33.2 Å². The topological polar surface area (TPSA) is 50.4 Å². The zero-order chi connectivity index (χ0) is 15.1. The standard InChI is InChI=1S/C17H26N2O2.ClH/c1-13(2)8-10-21-16-6-4-3-5-14(16)12-19-17(20)15-7-9-18-11-15;/h3-6,13,15,18H,7-12H2,1-2H3,(H,19,20);1H. The number of carbonyl (C=O) groups is 1. The molecule has 124 valence electrons. The SMILES string of the molecule is CC(C)CCOc1ccccc1CNC(=O)C1CCNC1.Cl. The van der Waals surface area contributed by atoms with Gasteiger partial charge in [-0.15, -0.1) is 12.4 Å². The number of halogens is 1. The van der Waals surface area contributed by atoms with Crippen molar-refractivity contribution in [2.24, 2.45) is 11.8 Å². The normalized spacial score (nSPS) is 17.1. The van der Waals surface area contributed by atoms with E-state index >= 15 is 0 Å². The smallest absolute Gasteiger partial charge is 0.224 e. The van der Waals surface area contributed by atoms with Gasteiger partial charge in [-0.1, -0.05) is 32.0 Å². The third-order valence-electron chi connectivity index (χ3n) is 3.81. The van der Waals surface area contributed by atoms with Gasteiger partial charge in [-0.05, 0) is 31.4 Å². The van der Waals surface area contributed by atoms with Crippen molar-refractivity contribution in [1.29, 1.82) is 0 Å². The molecule has 0 radical (unpaired) electrons. The van der Waals surface area contributed by atoms with E-state index in [2.05, 4.69) is 24.5 Å². The molecule has 2 rings (SSSR count). The number of hydrogen-bond acceptors (Lipinski definition) is 3. The molecule has 2 N–H and O–H groups in total. The van der Waals surface area contributed by atoms with Crippen molar-refractivity contribution in [3.63, 3.8) is 0 Å². The highest BCUT2D eigenvalue weighted by molar-refractivity contribution is 5.85. The van der Waals surface area contributed by atoms with Gasteiger partial charge in [0.25, 0.3) is 0 Å². The molecule has 0 bridgehead atoms. The largest absolute Gasteiger partial charge is 0.493 e. The summed E-state index contributed by atoms with van der Waals surface area (Å²) < 4.78 is 5.84. The predicted molar refractivity (Wildman–Crippen MR) is 91.5 cm³/mol. The van der Waals surface area contributed by atoms with Crippen LogP contribution in [0.3, 0.4) is 0 Å². The van der Waals surface area contributed by atoms with E-state index in [9.17, 15) is 4.79 Å². The maximum absolute atomic E-state index is 12.0. The molecule has 1 unspecified atom stereocenters. The van der Waals surface area contributed by atoms with Crippen molar-refractivity contribution < 1.29 is 9.53 Å². The van der Waals surface area contributed by atoms with Crippen molar-refractivity contribution in [3.8, 4) is 5.75 Å². The number of rotatable bonds is 7. The lowest BCUT2D eigenvalue weighted by Crippen LogP contribution is -2.31. The highest BCUT2D eigenvalue weighted by Gasteiger charge is 2.22. The van der Waals surface area contributed by atoms with E-state index in [1.165, 1.54) is 0 Å². The zero-order valence-corrected chi connectivity index (χ0v) is 14.2. The van der Waals surface area contributed by atoms with E-state index in [1.807, 2.05) is 24.3 Å². The Morgan fingerprint density at radius 1 is 1.41 bits per heavy atom. The second-order valence-electron chi connectivity index (χ2n) is 6.05. The predicted octanol–water partition coefficient (Wildman–Crippen LogP) is 2.76. The molecule has 1 aliphatic rings. The third-order valence-corrected chi connectivity index (χ3v) is 3.81. The first-order chi connectivity index (χ1) is 10.2. The fourth-order valence-corrected chi connectivity index (χ4v) is 2.40. The van der Waals surface area contributed by atoms with Gasteiger partial charge >= 0.3 is 0 Å². The maximum atomic E-state index is 12.0. The molecule has 0 aromatic heterocycles. The zero-order valence-electron chi connectivity index (χ0n) is 13.4. The maximum Gasteiger partial charge on any atom is 0.224 e. The van der Waals surface area contributed by atoms with Gasteiger partial charge in [0.2, 0.25) is 5.91 Å². The molecule has 1 aromatic rings. The highest BCUT2D eigenvalue weighted by Crippen LogP contribution is 2.19. The molecular formula is C17H27ClN2O2. The van der Waals surface area contributed by atoms with Crippen LogP contribution in [0, 0.1) is 11.8 Å². The van der Waals surface area contributed by atoms with Gasteiger partial charge in [0.15, 0.2) is 0 Å². The number of amides is 1. The molecule has 22 heavy (non-hydrogen) atoms.